The van der Waals surface area contributed by atoms with E-state index in [1.165, 1.54) is 11.3 Å². The third-order valence-electron chi connectivity index (χ3n) is 5.21. The Labute approximate surface area is 178 Å². The van der Waals surface area contributed by atoms with E-state index in [0.717, 1.165) is 22.3 Å². The van der Waals surface area contributed by atoms with E-state index in [1.807, 2.05) is 34.9 Å². The third kappa shape index (κ3) is 3.96. The zero-order valence-corrected chi connectivity index (χ0v) is 17.6. The van der Waals surface area contributed by atoms with Crippen LogP contribution in [-0.2, 0) is 20.9 Å². The van der Waals surface area contributed by atoms with E-state index in [4.69, 9.17) is 9.47 Å². The molecule has 158 valence electrons. The van der Waals surface area contributed by atoms with Crippen LogP contribution in [-0.4, -0.2) is 41.6 Å². The van der Waals surface area contributed by atoms with Gasteiger partial charge in [-0.3, -0.25) is 14.9 Å². The van der Waals surface area contributed by atoms with Gasteiger partial charge in [0.15, 0.2) is 0 Å². The first-order chi connectivity index (χ1) is 14.6. The minimum absolute atomic E-state index is 0.0133. The monoisotopic (exact) mass is 428 g/mol. The molecule has 1 saturated heterocycles. The fraction of sp³-hybridized carbons (Fsp3) is 0.381. The molecule has 2 aromatic heterocycles. The van der Waals surface area contributed by atoms with E-state index >= 15 is 0 Å². The molecule has 3 heterocycles. The van der Waals surface area contributed by atoms with E-state index in [1.54, 1.807) is 13.4 Å². The maximum absolute atomic E-state index is 12.2. The number of amides is 2. The summed E-state index contributed by atoms with van der Waals surface area (Å²) in [5, 5.41) is 5.27. The fourth-order valence-electron chi connectivity index (χ4n) is 3.86. The van der Waals surface area contributed by atoms with Gasteiger partial charge in [-0.2, -0.15) is 0 Å². The molecule has 3 unspecified atom stereocenters. The molecule has 1 fully saturated rings. The molecule has 0 spiro atoms. The molecule has 9 heteroatoms. The minimum Gasteiger partial charge on any atom is -0.385 e. The van der Waals surface area contributed by atoms with Crippen LogP contribution in [0.25, 0.3) is 10.3 Å². The molecule has 0 saturated carbocycles. The number of benzene rings is 1. The lowest BCUT2D eigenvalue weighted by molar-refractivity contribution is -0.108. The number of thiophene rings is 1. The van der Waals surface area contributed by atoms with Crippen molar-refractivity contribution in [2.45, 2.75) is 32.3 Å². The van der Waals surface area contributed by atoms with E-state index in [0.29, 0.717) is 30.2 Å². The highest BCUT2D eigenvalue weighted by atomic mass is 32.1. The van der Waals surface area contributed by atoms with Crippen LogP contribution in [0.5, 0.6) is 0 Å². The van der Waals surface area contributed by atoms with Gasteiger partial charge in [0, 0.05) is 13.0 Å². The largest absolute Gasteiger partial charge is 0.385 e. The van der Waals surface area contributed by atoms with E-state index in [-0.39, 0.29) is 18.2 Å². The number of rotatable bonds is 8. The number of anilines is 1. The molecule has 3 aromatic rings. The zero-order valence-electron chi connectivity index (χ0n) is 16.8. The van der Waals surface area contributed by atoms with E-state index in [9.17, 15) is 9.59 Å². The molecule has 2 amide bonds. The van der Waals surface area contributed by atoms with Crippen LogP contribution in [0.1, 0.15) is 34.8 Å². The molecule has 0 aliphatic carbocycles. The molecule has 0 radical (unpaired) electrons. The van der Waals surface area contributed by atoms with E-state index in [2.05, 4.69) is 22.5 Å². The van der Waals surface area contributed by atoms with Crippen LogP contribution in [0.3, 0.4) is 0 Å². The Morgan fingerprint density at radius 3 is 2.93 bits per heavy atom. The van der Waals surface area contributed by atoms with Crippen LogP contribution in [0.2, 0.25) is 0 Å². The van der Waals surface area contributed by atoms with Crippen molar-refractivity contribution in [3.63, 3.8) is 0 Å². The predicted molar refractivity (Wildman–Crippen MR) is 114 cm³/mol. The number of aromatic nitrogens is 2. The van der Waals surface area contributed by atoms with Gasteiger partial charge >= 0.3 is 0 Å². The van der Waals surface area contributed by atoms with Crippen LogP contribution < -0.4 is 10.6 Å². The highest BCUT2D eigenvalue weighted by Crippen LogP contribution is 2.41. The standard InChI is InChI=1S/C21H24N4O4S/c1-13-8-15(10-28-9-14-6-4-3-5-7-14)29-21(13)25-11-23-20-17(25)16(22-2)18(30-20)19(27)24-12-26/h3-7,11-13,15,21-22H,8-10H2,1-2H3,(H,24,26,27). The average Bonchev–Trinajstić information content (AvgIpc) is 3.42. The number of nitrogens with zero attached hydrogens (tertiary/aromatic N) is 2. The van der Waals surface area contributed by atoms with Gasteiger partial charge in [0.25, 0.3) is 5.91 Å². The van der Waals surface area contributed by atoms with Crippen LogP contribution in [0, 0.1) is 5.92 Å². The first kappa shape index (κ1) is 20.5. The van der Waals surface area contributed by atoms with Crippen LogP contribution in [0.15, 0.2) is 36.7 Å². The Hall–Kier alpha value is -2.75. The number of carbonyl (C=O) groups is 2. The predicted octanol–water partition coefficient (Wildman–Crippen LogP) is 3.17. The van der Waals surface area contributed by atoms with Gasteiger partial charge in [-0.25, -0.2) is 4.98 Å². The number of imidazole rings is 1. The highest BCUT2D eigenvalue weighted by molar-refractivity contribution is 7.21. The van der Waals surface area contributed by atoms with Crippen molar-refractivity contribution in [1.29, 1.82) is 0 Å². The minimum atomic E-state index is -0.448. The molecular weight excluding hydrogens is 404 g/mol. The van der Waals surface area contributed by atoms with Gasteiger partial charge in [-0.05, 0) is 12.0 Å². The summed E-state index contributed by atoms with van der Waals surface area (Å²) in [6.07, 6.45) is 2.79. The van der Waals surface area contributed by atoms with Gasteiger partial charge in [-0.1, -0.05) is 37.3 Å². The normalized spacial score (nSPS) is 21.1. The summed E-state index contributed by atoms with van der Waals surface area (Å²) in [6.45, 7) is 3.21. The van der Waals surface area contributed by atoms with Crippen molar-refractivity contribution in [2.24, 2.45) is 5.92 Å². The molecule has 30 heavy (non-hydrogen) atoms. The summed E-state index contributed by atoms with van der Waals surface area (Å²) in [6, 6.07) is 10.1. The number of hydrogen-bond donors (Lipinski definition) is 2. The van der Waals surface area contributed by atoms with Crippen molar-refractivity contribution in [3.05, 3.63) is 47.1 Å². The van der Waals surface area contributed by atoms with Crippen molar-refractivity contribution in [2.75, 3.05) is 19.0 Å². The lowest BCUT2D eigenvalue weighted by Gasteiger charge is -2.19. The molecule has 1 aliphatic heterocycles. The molecule has 3 atom stereocenters. The topological polar surface area (TPSA) is 94.5 Å². The summed E-state index contributed by atoms with van der Waals surface area (Å²) < 4.78 is 14.1. The number of imide groups is 1. The quantitative estimate of drug-likeness (QED) is 0.535. The number of ether oxygens (including phenoxy) is 2. The Morgan fingerprint density at radius 1 is 1.40 bits per heavy atom. The second-order valence-corrected chi connectivity index (χ2v) is 8.31. The lowest BCUT2D eigenvalue weighted by atomic mass is 10.1. The summed E-state index contributed by atoms with van der Waals surface area (Å²) >= 11 is 1.24. The molecular formula is C21H24N4O4S. The Kier molecular flexibility index (Phi) is 6.12. The van der Waals surface area contributed by atoms with Crippen LogP contribution in [0.4, 0.5) is 5.69 Å². The SMILES string of the molecule is CNc1c(C(=O)NC=O)sc2ncn(C3OC(COCc4ccccc4)CC3C)c12. The molecule has 8 nitrogen and oxygen atoms in total. The summed E-state index contributed by atoms with van der Waals surface area (Å²) in [7, 11) is 1.75. The molecule has 4 rings (SSSR count). The second-order valence-electron chi connectivity index (χ2n) is 7.32. The molecule has 1 aromatic carbocycles. The first-order valence-electron chi connectivity index (χ1n) is 9.81. The zero-order chi connectivity index (χ0) is 21.1. The summed E-state index contributed by atoms with van der Waals surface area (Å²) in [5.41, 5.74) is 2.59. The smallest absolute Gasteiger partial charge is 0.269 e. The maximum Gasteiger partial charge on any atom is 0.269 e. The molecule has 2 N–H and O–H groups in total. The van der Waals surface area contributed by atoms with Crippen molar-refractivity contribution < 1.29 is 19.1 Å². The Bertz CT molecular complexity index is 1030. The Balaban J connectivity index is 1.49. The first-order valence-corrected chi connectivity index (χ1v) is 10.6. The maximum atomic E-state index is 12.2. The van der Waals surface area contributed by atoms with Gasteiger partial charge in [-0.15, -0.1) is 11.3 Å². The third-order valence-corrected chi connectivity index (χ3v) is 6.30. The van der Waals surface area contributed by atoms with Crippen molar-refractivity contribution >= 4 is 39.7 Å². The summed E-state index contributed by atoms with van der Waals surface area (Å²) in [4.78, 5) is 28.5. The lowest BCUT2D eigenvalue weighted by Crippen LogP contribution is -2.21. The molecule has 1 aliphatic rings. The van der Waals surface area contributed by atoms with Crippen molar-refractivity contribution in [3.8, 4) is 0 Å². The van der Waals surface area contributed by atoms with Crippen LogP contribution >= 0.6 is 11.3 Å². The Morgan fingerprint density at radius 2 is 2.20 bits per heavy atom. The van der Waals surface area contributed by atoms with Gasteiger partial charge in [0.05, 0.1) is 31.3 Å². The van der Waals surface area contributed by atoms with Gasteiger partial charge in [0.1, 0.15) is 21.5 Å². The summed E-state index contributed by atoms with van der Waals surface area (Å²) in [5.74, 6) is -0.193. The highest BCUT2D eigenvalue weighted by Gasteiger charge is 2.35. The second kappa shape index (κ2) is 8.95. The van der Waals surface area contributed by atoms with Gasteiger partial charge in [0.2, 0.25) is 6.41 Å². The average molecular weight is 429 g/mol. The van der Waals surface area contributed by atoms with Gasteiger partial charge < -0.3 is 19.4 Å². The number of fused-ring (bicyclic) bond motifs is 1. The molecule has 0 bridgehead atoms. The van der Waals surface area contributed by atoms with Crippen molar-refractivity contribution in [1.82, 2.24) is 14.9 Å². The number of carbonyl (C=O) groups excluding carboxylic acids is 2. The fourth-order valence-corrected chi connectivity index (χ4v) is 4.91. The van der Waals surface area contributed by atoms with E-state index < -0.39 is 5.91 Å². The number of hydrogen-bond acceptors (Lipinski definition) is 7. The number of nitrogens with one attached hydrogen (secondary N) is 2.